The van der Waals surface area contributed by atoms with Crippen LogP contribution in [0, 0.1) is 11.3 Å². The van der Waals surface area contributed by atoms with E-state index in [9.17, 15) is 14.9 Å². The van der Waals surface area contributed by atoms with Gasteiger partial charge in [0.1, 0.15) is 11.4 Å². The van der Waals surface area contributed by atoms with Gasteiger partial charge in [-0.2, -0.15) is 5.26 Å². The minimum absolute atomic E-state index is 0.155. The fraction of sp³-hybridized carbons (Fsp3) is 0.250. The molecule has 0 spiro atoms. The maximum atomic E-state index is 13.6. The molecule has 6 rings (SSSR count). The Labute approximate surface area is 247 Å². The van der Waals surface area contributed by atoms with Gasteiger partial charge in [0.25, 0.3) is 0 Å². The predicted molar refractivity (Wildman–Crippen MR) is 160 cm³/mol. The zero-order valence-electron chi connectivity index (χ0n) is 24.0. The number of carbonyl (C=O) groups excluding carboxylic acids is 2. The Balaban J connectivity index is 1.21. The molecule has 0 bridgehead atoms. The van der Waals surface area contributed by atoms with Crippen molar-refractivity contribution >= 4 is 39.7 Å². The number of anilines is 1. The van der Waals surface area contributed by atoms with Gasteiger partial charge in [-0.05, 0) is 56.5 Å². The second-order valence-corrected chi connectivity index (χ2v) is 11.2. The molecule has 0 aliphatic carbocycles. The van der Waals surface area contributed by atoms with Crippen molar-refractivity contribution < 1.29 is 19.2 Å². The number of fused-ring (bicyclic) bond motifs is 2. The summed E-state index contributed by atoms with van der Waals surface area (Å²) in [7, 11) is 0. The number of carbonyl (C=O) groups is 2. The highest BCUT2D eigenvalue weighted by atomic mass is 16.8. The number of H-pyrrole nitrogens is 1. The van der Waals surface area contributed by atoms with E-state index in [0.29, 0.717) is 59.9 Å². The number of nitrogens with one attached hydrogen (secondary N) is 1. The maximum absolute atomic E-state index is 13.6. The molecule has 5 aromatic rings. The smallest absolute Gasteiger partial charge is 0.427 e. The summed E-state index contributed by atoms with van der Waals surface area (Å²) in [6, 6.07) is 18.7. The number of imidazole rings is 1. The summed E-state index contributed by atoms with van der Waals surface area (Å²) in [6.07, 6.45) is 2.76. The molecule has 0 saturated carbocycles. The number of aromatic nitrogens is 4. The first-order chi connectivity index (χ1) is 20.7. The molecule has 0 unspecified atom stereocenters. The largest absolute Gasteiger partial charge is 0.528 e. The number of hydroxylamine groups is 2. The van der Waals surface area contributed by atoms with Gasteiger partial charge in [-0.1, -0.05) is 24.3 Å². The quantitative estimate of drug-likeness (QED) is 0.218. The van der Waals surface area contributed by atoms with Crippen LogP contribution in [0.25, 0.3) is 33.1 Å². The van der Waals surface area contributed by atoms with Gasteiger partial charge in [0, 0.05) is 47.6 Å². The van der Waals surface area contributed by atoms with Gasteiger partial charge in [-0.15, -0.1) is 5.06 Å². The van der Waals surface area contributed by atoms with E-state index in [2.05, 4.69) is 30.9 Å². The maximum Gasteiger partial charge on any atom is 0.528 e. The Morgan fingerprint density at radius 2 is 1.74 bits per heavy atom. The van der Waals surface area contributed by atoms with Gasteiger partial charge < -0.3 is 19.5 Å². The molecule has 0 amide bonds. The second kappa shape index (κ2) is 11.2. The molecular weight excluding hydrogens is 546 g/mol. The van der Waals surface area contributed by atoms with Crippen LogP contribution in [0.4, 0.5) is 10.6 Å². The van der Waals surface area contributed by atoms with Crippen LogP contribution in [0.5, 0.6) is 0 Å². The molecule has 1 aliphatic rings. The summed E-state index contributed by atoms with van der Waals surface area (Å²) >= 11 is 0. The van der Waals surface area contributed by atoms with Crippen molar-refractivity contribution in [2.75, 3.05) is 31.1 Å². The van der Waals surface area contributed by atoms with Crippen LogP contribution in [0.3, 0.4) is 0 Å². The van der Waals surface area contributed by atoms with Crippen LogP contribution in [0.2, 0.25) is 0 Å². The third-order valence-electron chi connectivity index (χ3n) is 7.06. The average Bonchev–Trinajstić information content (AvgIpc) is 3.43. The van der Waals surface area contributed by atoms with Crippen molar-refractivity contribution in [3.05, 3.63) is 83.9 Å². The Bertz CT molecular complexity index is 1890. The fourth-order valence-electron chi connectivity index (χ4n) is 5.02. The van der Waals surface area contributed by atoms with Crippen molar-refractivity contribution in [1.82, 2.24) is 25.0 Å². The normalized spacial score (nSPS) is 14.0. The van der Waals surface area contributed by atoms with Gasteiger partial charge in [0.15, 0.2) is 11.5 Å². The van der Waals surface area contributed by atoms with E-state index in [1.807, 2.05) is 36.4 Å². The first-order valence-corrected chi connectivity index (χ1v) is 13.9. The van der Waals surface area contributed by atoms with E-state index >= 15 is 0 Å². The van der Waals surface area contributed by atoms with Crippen LogP contribution in [0.15, 0.2) is 67.0 Å². The van der Waals surface area contributed by atoms with E-state index in [1.54, 1.807) is 56.4 Å². The van der Waals surface area contributed by atoms with E-state index < -0.39 is 11.8 Å². The van der Waals surface area contributed by atoms with Crippen molar-refractivity contribution in [2.24, 2.45) is 0 Å². The van der Waals surface area contributed by atoms with Crippen LogP contribution in [0.1, 0.15) is 42.5 Å². The molecule has 3 aromatic heterocycles. The third-order valence-corrected chi connectivity index (χ3v) is 7.06. The van der Waals surface area contributed by atoms with Crippen molar-refractivity contribution in [3.8, 4) is 17.2 Å². The third kappa shape index (κ3) is 5.86. The number of piperazine rings is 1. The number of ether oxygens (including phenoxy) is 1. The summed E-state index contributed by atoms with van der Waals surface area (Å²) < 4.78 is 5.23. The number of hydrogen-bond donors (Lipinski definition) is 1. The van der Waals surface area contributed by atoms with Crippen LogP contribution in [-0.2, 0) is 9.57 Å². The SMILES string of the molecule is CC(C)(C)OC(=O)ON1CCN(c2ccc3[nH]c(C(=O)c4ccc(C#N)c(-c5cncc6ccccc56)c4)nc3n2)CC1. The highest BCUT2D eigenvalue weighted by molar-refractivity contribution is 6.09. The molecule has 1 N–H and O–H groups in total. The molecule has 11 nitrogen and oxygen atoms in total. The monoisotopic (exact) mass is 575 g/mol. The molecular formula is C32H29N7O4. The Hall–Kier alpha value is -5.34. The highest BCUT2D eigenvalue weighted by Crippen LogP contribution is 2.31. The van der Waals surface area contributed by atoms with Gasteiger partial charge in [0.2, 0.25) is 5.78 Å². The lowest BCUT2D eigenvalue weighted by Gasteiger charge is -2.34. The Kier molecular flexibility index (Phi) is 7.21. The van der Waals surface area contributed by atoms with E-state index in [-0.39, 0.29) is 11.6 Å². The minimum Gasteiger partial charge on any atom is -0.427 e. The summed E-state index contributed by atoms with van der Waals surface area (Å²) in [5, 5.41) is 13.3. The minimum atomic E-state index is -0.725. The number of nitrogens with zero attached hydrogens (tertiary/aromatic N) is 6. The number of hydrogen-bond acceptors (Lipinski definition) is 10. The van der Waals surface area contributed by atoms with Crippen LogP contribution in [-0.4, -0.2) is 68.7 Å². The van der Waals surface area contributed by atoms with Gasteiger partial charge >= 0.3 is 6.16 Å². The molecule has 0 radical (unpaired) electrons. The van der Waals surface area contributed by atoms with Gasteiger partial charge in [-0.25, -0.2) is 14.8 Å². The molecule has 0 atom stereocenters. The Morgan fingerprint density at radius 3 is 2.51 bits per heavy atom. The van der Waals surface area contributed by atoms with E-state index in [0.717, 1.165) is 16.3 Å². The highest BCUT2D eigenvalue weighted by Gasteiger charge is 2.25. The first kappa shape index (κ1) is 27.8. The number of pyridine rings is 2. The molecule has 1 saturated heterocycles. The molecule has 11 heteroatoms. The summed E-state index contributed by atoms with van der Waals surface area (Å²) in [6.45, 7) is 7.48. The molecule has 216 valence electrons. The number of aromatic amines is 1. The predicted octanol–water partition coefficient (Wildman–Crippen LogP) is 5.26. The standard InChI is InChI=1S/C32H29N7O4/c1-32(2,3)42-31(41)43-39-14-12-38(13-15-39)27-11-10-26-29(36-27)37-30(35-26)28(40)20-8-9-21(17-33)24(16-20)25-19-34-18-22-6-4-5-7-23(22)25/h4-11,16,18-19H,12-15H2,1-3H3,(H,35,36,37). The van der Waals surface area contributed by atoms with Crippen molar-refractivity contribution in [2.45, 2.75) is 26.4 Å². The zero-order chi connectivity index (χ0) is 30.1. The molecule has 1 fully saturated rings. The summed E-state index contributed by atoms with van der Waals surface area (Å²) in [5.74, 6) is 0.548. The van der Waals surface area contributed by atoms with Crippen molar-refractivity contribution in [3.63, 3.8) is 0 Å². The zero-order valence-corrected chi connectivity index (χ0v) is 24.0. The lowest BCUT2D eigenvalue weighted by atomic mass is 9.94. The summed E-state index contributed by atoms with van der Waals surface area (Å²) in [5.41, 5.74) is 2.66. The van der Waals surface area contributed by atoms with Gasteiger partial charge in [-0.3, -0.25) is 9.78 Å². The number of nitriles is 1. The number of rotatable bonds is 5. The topological polar surface area (TPSA) is 137 Å². The molecule has 1 aliphatic heterocycles. The first-order valence-electron chi connectivity index (χ1n) is 13.9. The van der Waals surface area contributed by atoms with Gasteiger partial charge in [0.05, 0.1) is 30.2 Å². The van der Waals surface area contributed by atoms with Crippen LogP contribution < -0.4 is 4.90 Å². The molecule has 4 heterocycles. The lowest BCUT2D eigenvalue weighted by Crippen LogP contribution is -2.47. The number of ketones is 1. The van der Waals surface area contributed by atoms with E-state index in [4.69, 9.17) is 9.57 Å². The fourth-order valence-corrected chi connectivity index (χ4v) is 5.02. The lowest BCUT2D eigenvalue weighted by molar-refractivity contribution is -0.144. The average molecular weight is 576 g/mol. The Morgan fingerprint density at radius 1 is 0.953 bits per heavy atom. The van der Waals surface area contributed by atoms with Crippen LogP contribution >= 0.6 is 0 Å². The second-order valence-electron chi connectivity index (χ2n) is 11.2. The number of benzene rings is 2. The van der Waals surface area contributed by atoms with E-state index in [1.165, 1.54) is 0 Å². The van der Waals surface area contributed by atoms with Crippen molar-refractivity contribution in [1.29, 1.82) is 5.26 Å². The molecule has 2 aromatic carbocycles. The summed E-state index contributed by atoms with van der Waals surface area (Å²) in [4.78, 5) is 49.6. The molecule has 43 heavy (non-hydrogen) atoms.